The van der Waals surface area contributed by atoms with Crippen molar-refractivity contribution in [2.45, 2.75) is 26.2 Å². The summed E-state index contributed by atoms with van der Waals surface area (Å²) in [5.41, 5.74) is 4.54. The number of hydrogen-bond donors (Lipinski definition) is 1. The van der Waals surface area contributed by atoms with Gasteiger partial charge in [0, 0.05) is 0 Å². The first kappa shape index (κ1) is 12.7. The summed E-state index contributed by atoms with van der Waals surface area (Å²) in [4.78, 5) is 0. The quantitative estimate of drug-likeness (QED) is 0.619. The van der Waals surface area contributed by atoms with Crippen LogP contribution >= 0.6 is 0 Å². The number of nitrogens with zero attached hydrogens (tertiary/aromatic N) is 3. The van der Waals surface area contributed by atoms with Gasteiger partial charge in [-0.1, -0.05) is 25.5 Å². The molecule has 0 aliphatic carbocycles. The standard InChI is InChI=1S/C13H14N4/c1-2-3-4-11-5-7-12(8-6-11)16-17-13(9-14)10-15/h5-8,16H,2-4H2,1H3. The molecule has 0 aliphatic heterocycles. The van der Waals surface area contributed by atoms with E-state index in [1.165, 1.54) is 18.4 Å². The number of aryl methyl sites for hydroxylation is 1. The minimum Gasteiger partial charge on any atom is -0.277 e. The van der Waals surface area contributed by atoms with Gasteiger partial charge in [0.05, 0.1) is 5.69 Å². The molecular weight excluding hydrogens is 212 g/mol. The van der Waals surface area contributed by atoms with Crippen LogP contribution < -0.4 is 5.43 Å². The summed E-state index contributed by atoms with van der Waals surface area (Å²) < 4.78 is 0. The van der Waals surface area contributed by atoms with Crippen molar-refractivity contribution >= 4 is 11.4 Å². The van der Waals surface area contributed by atoms with Crippen LogP contribution in [0.1, 0.15) is 25.3 Å². The van der Waals surface area contributed by atoms with Gasteiger partial charge >= 0.3 is 0 Å². The molecule has 0 fully saturated rings. The lowest BCUT2D eigenvalue weighted by atomic mass is 10.1. The number of rotatable bonds is 5. The smallest absolute Gasteiger partial charge is 0.237 e. The van der Waals surface area contributed by atoms with E-state index in [0.717, 1.165) is 12.1 Å². The maximum atomic E-state index is 8.50. The largest absolute Gasteiger partial charge is 0.277 e. The van der Waals surface area contributed by atoms with E-state index in [4.69, 9.17) is 10.5 Å². The van der Waals surface area contributed by atoms with Gasteiger partial charge in [-0.3, -0.25) is 5.43 Å². The Morgan fingerprint density at radius 1 is 1.24 bits per heavy atom. The van der Waals surface area contributed by atoms with Gasteiger partial charge in [0.15, 0.2) is 0 Å². The second-order valence-corrected chi connectivity index (χ2v) is 3.60. The number of hydrogen-bond acceptors (Lipinski definition) is 4. The minimum absolute atomic E-state index is 0.181. The normalized spacial score (nSPS) is 8.88. The van der Waals surface area contributed by atoms with Crippen molar-refractivity contribution in [3.05, 3.63) is 29.8 Å². The Balaban J connectivity index is 2.61. The summed E-state index contributed by atoms with van der Waals surface area (Å²) in [5, 5.41) is 20.7. The molecule has 86 valence electrons. The fourth-order valence-electron chi connectivity index (χ4n) is 1.32. The van der Waals surface area contributed by atoms with Crippen LogP contribution in [0.15, 0.2) is 29.4 Å². The first-order valence-electron chi connectivity index (χ1n) is 5.53. The maximum Gasteiger partial charge on any atom is 0.237 e. The van der Waals surface area contributed by atoms with E-state index in [9.17, 15) is 0 Å². The molecule has 0 saturated carbocycles. The van der Waals surface area contributed by atoms with E-state index in [1.807, 2.05) is 24.3 Å². The number of hydrazone groups is 1. The van der Waals surface area contributed by atoms with Gasteiger partial charge in [-0.15, -0.1) is 0 Å². The predicted molar refractivity (Wildman–Crippen MR) is 67.3 cm³/mol. The van der Waals surface area contributed by atoms with Crippen molar-refractivity contribution < 1.29 is 0 Å². The van der Waals surface area contributed by atoms with Crippen LogP contribution in [0.3, 0.4) is 0 Å². The van der Waals surface area contributed by atoms with Gasteiger partial charge in [-0.2, -0.15) is 15.6 Å². The predicted octanol–water partition coefficient (Wildman–Crippen LogP) is 2.84. The molecule has 0 saturated heterocycles. The summed E-state index contributed by atoms with van der Waals surface area (Å²) in [5.74, 6) is 0. The number of nitriles is 2. The Bertz CT molecular complexity index is 444. The highest BCUT2D eigenvalue weighted by Gasteiger charge is 1.95. The third-order valence-corrected chi connectivity index (χ3v) is 2.28. The topological polar surface area (TPSA) is 72.0 Å². The van der Waals surface area contributed by atoms with Crippen molar-refractivity contribution in [1.82, 2.24) is 0 Å². The minimum atomic E-state index is -0.181. The SMILES string of the molecule is CCCCc1ccc(NN=C(C#N)C#N)cc1. The second-order valence-electron chi connectivity index (χ2n) is 3.60. The molecule has 4 nitrogen and oxygen atoms in total. The van der Waals surface area contributed by atoms with Crippen molar-refractivity contribution in [2.75, 3.05) is 5.43 Å². The Morgan fingerprint density at radius 2 is 1.88 bits per heavy atom. The monoisotopic (exact) mass is 226 g/mol. The van der Waals surface area contributed by atoms with Crippen LogP contribution in [-0.4, -0.2) is 5.71 Å². The third-order valence-electron chi connectivity index (χ3n) is 2.28. The summed E-state index contributed by atoms with van der Waals surface area (Å²) >= 11 is 0. The molecule has 1 aromatic rings. The molecule has 0 aliphatic rings. The molecule has 17 heavy (non-hydrogen) atoms. The van der Waals surface area contributed by atoms with Crippen molar-refractivity contribution in [1.29, 1.82) is 10.5 Å². The zero-order valence-corrected chi connectivity index (χ0v) is 9.77. The van der Waals surface area contributed by atoms with E-state index in [2.05, 4.69) is 17.5 Å². The Hall–Kier alpha value is -2.33. The molecule has 1 N–H and O–H groups in total. The summed E-state index contributed by atoms with van der Waals surface area (Å²) in [6.07, 6.45) is 3.43. The molecule has 1 rings (SSSR count). The molecule has 0 bridgehead atoms. The fourth-order valence-corrected chi connectivity index (χ4v) is 1.32. The molecule has 1 aromatic carbocycles. The van der Waals surface area contributed by atoms with Gasteiger partial charge in [0.2, 0.25) is 5.71 Å². The van der Waals surface area contributed by atoms with Crippen LogP contribution in [0.4, 0.5) is 5.69 Å². The fraction of sp³-hybridized carbons (Fsp3) is 0.308. The van der Waals surface area contributed by atoms with E-state index in [0.29, 0.717) is 0 Å². The van der Waals surface area contributed by atoms with Crippen molar-refractivity contribution in [2.24, 2.45) is 5.10 Å². The molecule has 4 heteroatoms. The molecule has 0 heterocycles. The highest BCUT2D eigenvalue weighted by atomic mass is 15.3. The molecular formula is C13H14N4. The molecule has 0 spiro atoms. The molecule has 0 atom stereocenters. The average Bonchev–Trinajstić information content (AvgIpc) is 2.39. The van der Waals surface area contributed by atoms with Gasteiger partial charge in [-0.05, 0) is 30.5 Å². The lowest BCUT2D eigenvalue weighted by molar-refractivity contribution is 0.795. The van der Waals surface area contributed by atoms with Crippen LogP contribution in [0.25, 0.3) is 0 Å². The van der Waals surface area contributed by atoms with E-state index in [1.54, 1.807) is 12.1 Å². The molecule has 0 amide bonds. The zero-order chi connectivity index (χ0) is 12.5. The highest BCUT2D eigenvalue weighted by Crippen LogP contribution is 2.11. The third kappa shape index (κ3) is 4.36. The second kappa shape index (κ2) is 7.03. The van der Waals surface area contributed by atoms with Crippen molar-refractivity contribution in [3.8, 4) is 12.1 Å². The lowest BCUT2D eigenvalue weighted by Gasteiger charge is -2.02. The Morgan fingerprint density at radius 3 is 2.41 bits per heavy atom. The number of unbranched alkanes of at least 4 members (excludes halogenated alkanes) is 1. The van der Waals surface area contributed by atoms with E-state index in [-0.39, 0.29) is 5.71 Å². The summed E-state index contributed by atoms with van der Waals surface area (Å²) in [6, 6.07) is 11.2. The van der Waals surface area contributed by atoms with Gasteiger partial charge < -0.3 is 0 Å². The van der Waals surface area contributed by atoms with Gasteiger partial charge in [-0.25, -0.2) is 0 Å². The molecule has 0 unspecified atom stereocenters. The summed E-state index contributed by atoms with van der Waals surface area (Å²) in [7, 11) is 0. The van der Waals surface area contributed by atoms with Crippen LogP contribution in [0, 0.1) is 22.7 Å². The van der Waals surface area contributed by atoms with E-state index >= 15 is 0 Å². The van der Waals surface area contributed by atoms with E-state index < -0.39 is 0 Å². The van der Waals surface area contributed by atoms with Gasteiger partial charge in [0.25, 0.3) is 0 Å². The number of anilines is 1. The first-order valence-corrected chi connectivity index (χ1v) is 5.53. The summed E-state index contributed by atoms with van der Waals surface area (Å²) in [6.45, 7) is 2.16. The van der Waals surface area contributed by atoms with Crippen molar-refractivity contribution in [3.63, 3.8) is 0 Å². The average molecular weight is 226 g/mol. The maximum absolute atomic E-state index is 8.50. The van der Waals surface area contributed by atoms with Gasteiger partial charge in [0.1, 0.15) is 12.1 Å². The lowest BCUT2D eigenvalue weighted by Crippen LogP contribution is -1.96. The highest BCUT2D eigenvalue weighted by molar-refractivity contribution is 6.10. The van der Waals surface area contributed by atoms with Crippen LogP contribution in [0.2, 0.25) is 0 Å². The molecule has 0 radical (unpaired) electrons. The Labute approximate surface area is 101 Å². The first-order chi connectivity index (χ1) is 8.30. The van der Waals surface area contributed by atoms with Crippen LogP contribution in [0.5, 0.6) is 0 Å². The number of nitrogens with one attached hydrogen (secondary N) is 1. The Kier molecular flexibility index (Phi) is 5.27. The zero-order valence-electron chi connectivity index (χ0n) is 9.77. The molecule has 0 aromatic heterocycles. The van der Waals surface area contributed by atoms with Crippen LogP contribution in [-0.2, 0) is 6.42 Å². The number of benzene rings is 1.